The average molecular weight is 286 g/mol. The van der Waals surface area contributed by atoms with Gasteiger partial charge in [-0.25, -0.2) is 0 Å². The van der Waals surface area contributed by atoms with Crippen molar-refractivity contribution in [1.29, 1.82) is 0 Å². The first kappa shape index (κ1) is 17.9. The van der Waals surface area contributed by atoms with Crippen LogP contribution in [-0.4, -0.2) is 62.0 Å². The predicted molar refractivity (Wildman–Crippen MR) is 84.0 cm³/mol. The van der Waals surface area contributed by atoms with Crippen molar-refractivity contribution in [2.24, 2.45) is 11.3 Å². The van der Waals surface area contributed by atoms with E-state index in [0.717, 1.165) is 45.7 Å². The van der Waals surface area contributed by atoms with E-state index in [4.69, 9.17) is 4.74 Å². The Kier molecular flexibility index (Phi) is 6.92. The molecule has 0 saturated carbocycles. The van der Waals surface area contributed by atoms with Crippen molar-refractivity contribution < 1.29 is 9.84 Å². The summed E-state index contributed by atoms with van der Waals surface area (Å²) in [6.45, 7) is 13.8. The molecule has 0 radical (unpaired) electrons. The summed E-state index contributed by atoms with van der Waals surface area (Å²) in [4.78, 5) is 2.27. The Morgan fingerprint density at radius 1 is 1.30 bits per heavy atom. The van der Waals surface area contributed by atoms with Gasteiger partial charge < -0.3 is 20.1 Å². The summed E-state index contributed by atoms with van der Waals surface area (Å²) in [6.07, 6.45) is 2.21. The summed E-state index contributed by atoms with van der Waals surface area (Å²) < 4.78 is 5.54. The second-order valence-electron chi connectivity index (χ2n) is 7.62. The Bertz CT molecular complexity index is 268. The molecule has 0 aromatic rings. The fourth-order valence-electron chi connectivity index (χ4n) is 3.11. The van der Waals surface area contributed by atoms with Crippen molar-refractivity contribution in [3.8, 4) is 0 Å². The summed E-state index contributed by atoms with van der Waals surface area (Å²) in [5.41, 5.74) is -0.348. The van der Waals surface area contributed by atoms with Crippen LogP contribution in [0.4, 0.5) is 0 Å². The fraction of sp³-hybridized carbons (Fsp3) is 1.00. The molecule has 4 nitrogen and oxygen atoms in total. The third-order valence-electron chi connectivity index (χ3n) is 3.87. The molecule has 1 fully saturated rings. The van der Waals surface area contributed by atoms with Crippen LogP contribution >= 0.6 is 0 Å². The van der Waals surface area contributed by atoms with Gasteiger partial charge in [0.1, 0.15) is 0 Å². The summed E-state index contributed by atoms with van der Waals surface area (Å²) >= 11 is 0. The molecule has 0 aromatic carbocycles. The van der Waals surface area contributed by atoms with Crippen LogP contribution in [0.15, 0.2) is 0 Å². The monoisotopic (exact) mass is 286 g/mol. The Morgan fingerprint density at radius 2 is 1.90 bits per heavy atom. The molecule has 0 unspecified atom stereocenters. The number of aliphatic hydroxyl groups is 1. The third kappa shape index (κ3) is 7.02. The number of likely N-dealkylation sites (N-methyl/N-ethyl adjacent to an activating group) is 1. The summed E-state index contributed by atoms with van der Waals surface area (Å²) in [7, 11) is 2.11. The zero-order valence-corrected chi connectivity index (χ0v) is 14.0. The minimum Gasteiger partial charge on any atom is -0.389 e. The van der Waals surface area contributed by atoms with Crippen molar-refractivity contribution in [1.82, 2.24) is 10.2 Å². The first-order valence-corrected chi connectivity index (χ1v) is 7.92. The van der Waals surface area contributed by atoms with Crippen molar-refractivity contribution in [3.05, 3.63) is 0 Å². The zero-order valence-electron chi connectivity index (χ0n) is 14.0. The molecular formula is C16H34N2O2. The Morgan fingerprint density at radius 3 is 2.40 bits per heavy atom. The highest BCUT2D eigenvalue weighted by Gasteiger charge is 2.34. The van der Waals surface area contributed by atoms with E-state index in [9.17, 15) is 5.11 Å². The van der Waals surface area contributed by atoms with Crippen LogP contribution in [0.25, 0.3) is 0 Å². The average Bonchev–Trinajstić information content (AvgIpc) is 2.26. The maximum absolute atomic E-state index is 9.97. The fourth-order valence-corrected chi connectivity index (χ4v) is 3.11. The molecule has 0 bridgehead atoms. The largest absolute Gasteiger partial charge is 0.389 e. The molecule has 120 valence electrons. The lowest BCUT2D eigenvalue weighted by Gasteiger charge is -2.41. The number of hydrogen-bond donors (Lipinski definition) is 2. The summed E-state index contributed by atoms with van der Waals surface area (Å²) in [5, 5.41) is 13.6. The van der Waals surface area contributed by atoms with E-state index in [1.807, 2.05) is 13.8 Å². The van der Waals surface area contributed by atoms with Crippen molar-refractivity contribution in [2.45, 2.75) is 46.1 Å². The number of rotatable bonds is 8. The van der Waals surface area contributed by atoms with Crippen LogP contribution in [0.5, 0.6) is 0 Å². The maximum atomic E-state index is 9.97. The predicted octanol–water partition coefficient (Wildman–Crippen LogP) is 1.73. The first-order valence-electron chi connectivity index (χ1n) is 7.92. The lowest BCUT2D eigenvalue weighted by Crippen LogP contribution is -2.49. The molecule has 1 saturated heterocycles. The Hall–Kier alpha value is -0.160. The normalized spacial score (nSPS) is 19.8. The number of nitrogens with zero attached hydrogens (tertiary/aromatic N) is 1. The topological polar surface area (TPSA) is 44.7 Å². The van der Waals surface area contributed by atoms with E-state index in [-0.39, 0.29) is 5.41 Å². The van der Waals surface area contributed by atoms with Crippen molar-refractivity contribution >= 4 is 0 Å². The van der Waals surface area contributed by atoms with Crippen LogP contribution in [0, 0.1) is 11.3 Å². The van der Waals surface area contributed by atoms with Crippen LogP contribution in [0.1, 0.15) is 40.5 Å². The molecule has 0 aromatic heterocycles. The number of ether oxygens (including phenoxy) is 1. The molecule has 1 heterocycles. The second-order valence-corrected chi connectivity index (χ2v) is 7.62. The van der Waals surface area contributed by atoms with Gasteiger partial charge in [-0.3, -0.25) is 0 Å². The zero-order chi connectivity index (χ0) is 15.2. The van der Waals surface area contributed by atoms with Gasteiger partial charge in [0.25, 0.3) is 0 Å². The second kappa shape index (κ2) is 7.74. The quantitative estimate of drug-likeness (QED) is 0.713. The Labute approximate surface area is 124 Å². The van der Waals surface area contributed by atoms with Gasteiger partial charge >= 0.3 is 0 Å². The highest BCUT2D eigenvalue weighted by atomic mass is 16.5. The molecule has 0 amide bonds. The molecule has 2 N–H and O–H groups in total. The van der Waals surface area contributed by atoms with Gasteiger partial charge in [0.2, 0.25) is 0 Å². The van der Waals surface area contributed by atoms with Gasteiger partial charge in [-0.05, 0) is 51.6 Å². The van der Waals surface area contributed by atoms with Gasteiger partial charge in [-0.15, -0.1) is 0 Å². The lowest BCUT2D eigenvalue weighted by atomic mass is 9.79. The maximum Gasteiger partial charge on any atom is 0.0718 e. The van der Waals surface area contributed by atoms with Gasteiger partial charge in [-0.1, -0.05) is 13.8 Å². The van der Waals surface area contributed by atoms with Gasteiger partial charge in [0.15, 0.2) is 0 Å². The minimum atomic E-state index is -0.632. The number of nitrogens with one attached hydrogen (secondary N) is 1. The van der Waals surface area contributed by atoms with Gasteiger partial charge in [0, 0.05) is 32.8 Å². The molecule has 4 heteroatoms. The van der Waals surface area contributed by atoms with Crippen LogP contribution in [0.3, 0.4) is 0 Å². The Balaban J connectivity index is 2.54. The molecule has 0 spiro atoms. The molecule has 20 heavy (non-hydrogen) atoms. The smallest absolute Gasteiger partial charge is 0.0718 e. The molecule has 1 aliphatic heterocycles. The van der Waals surface area contributed by atoms with Crippen LogP contribution in [-0.2, 0) is 4.74 Å². The van der Waals surface area contributed by atoms with Crippen LogP contribution < -0.4 is 5.32 Å². The first-order chi connectivity index (χ1) is 9.22. The molecule has 1 rings (SSSR count). The number of hydrogen-bond acceptors (Lipinski definition) is 4. The van der Waals surface area contributed by atoms with Crippen LogP contribution in [0.2, 0.25) is 0 Å². The molecule has 0 aliphatic carbocycles. The standard InChI is InChI=1S/C16H34N2O2/c1-14(2)10-17-11-16(6-8-20-9-7-16)13-18(5)12-15(3,4)19/h14,17,19H,6-13H2,1-5H3. The summed E-state index contributed by atoms with van der Waals surface area (Å²) in [5.74, 6) is 0.681. The van der Waals surface area contributed by atoms with Crippen molar-refractivity contribution in [3.63, 3.8) is 0 Å². The van der Waals surface area contributed by atoms with E-state index in [1.54, 1.807) is 0 Å². The van der Waals surface area contributed by atoms with E-state index in [1.165, 1.54) is 0 Å². The van der Waals surface area contributed by atoms with E-state index in [0.29, 0.717) is 12.5 Å². The highest BCUT2D eigenvalue weighted by molar-refractivity contribution is 4.88. The van der Waals surface area contributed by atoms with Gasteiger partial charge in [0.05, 0.1) is 5.60 Å². The molecule has 1 aliphatic rings. The molecule has 0 atom stereocenters. The lowest BCUT2D eigenvalue weighted by molar-refractivity contribution is -0.0174. The minimum absolute atomic E-state index is 0.285. The SMILES string of the molecule is CC(C)CNCC1(CN(C)CC(C)(C)O)CCOCC1. The van der Waals surface area contributed by atoms with Gasteiger partial charge in [-0.2, -0.15) is 0 Å². The molecular weight excluding hydrogens is 252 g/mol. The van der Waals surface area contributed by atoms with Crippen molar-refractivity contribution in [2.75, 3.05) is 46.4 Å². The third-order valence-corrected chi connectivity index (χ3v) is 3.87. The van der Waals surface area contributed by atoms with E-state index < -0.39 is 5.60 Å². The highest BCUT2D eigenvalue weighted by Crippen LogP contribution is 2.31. The van der Waals surface area contributed by atoms with E-state index >= 15 is 0 Å². The van der Waals surface area contributed by atoms with E-state index in [2.05, 4.69) is 31.1 Å². The summed E-state index contributed by atoms with van der Waals surface area (Å²) in [6, 6.07) is 0.